The van der Waals surface area contributed by atoms with Gasteiger partial charge < -0.3 is 9.84 Å². The zero-order valence-electron chi connectivity index (χ0n) is 10.8. The quantitative estimate of drug-likeness (QED) is 0.904. The molecule has 0 saturated heterocycles. The molecule has 2 aromatic rings. The van der Waals surface area contributed by atoms with Gasteiger partial charge in [-0.1, -0.05) is 18.2 Å². The van der Waals surface area contributed by atoms with Crippen LogP contribution in [0.4, 0.5) is 4.39 Å². The summed E-state index contributed by atoms with van der Waals surface area (Å²) in [6.45, 7) is 0. The Morgan fingerprint density at radius 3 is 2.80 bits per heavy atom. The first-order valence-electron chi connectivity index (χ1n) is 5.94. The van der Waals surface area contributed by atoms with Gasteiger partial charge in [0.2, 0.25) is 5.88 Å². The number of carbonyl (C=O) groups is 1. The van der Waals surface area contributed by atoms with Gasteiger partial charge in [0.25, 0.3) is 0 Å². The normalized spacial score (nSPS) is 11.9. The largest absolute Gasteiger partial charge is 0.481 e. The number of hydrogen-bond acceptors (Lipinski definition) is 4. The maximum atomic E-state index is 13.6. The number of aromatic nitrogens is 2. The van der Waals surface area contributed by atoms with Gasteiger partial charge in [-0.3, -0.25) is 4.79 Å². The molecular formula is C14H13FN2O3. The average molecular weight is 276 g/mol. The first kappa shape index (κ1) is 13.9. The lowest BCUT2D eigenvalue weighted by Gasteiger charge is -2.12. The summed E-state index contributed by atoms with van der Waals surface area (Å²) in [5, 5.41) is 9.32. The molecule has 1 aromatic heterocycles. The minimum absolute atomic E-state index is 0.0160. The van der Waals surface area contributed by atoms with Crippen molar-refractivity contribution in [3.63, 3.8) is 0 Å². The molecule has 0 radical (unpaired) electrons. The van der Waals surface area contributed by atoms with E-state index in [0.29, 0.717) is 5.56 Å². The molecule has 0 saturated carbocycles. The summed E-state index contributed by atoms with van der Waals surface area (Å²) in [4.78, 5) is 19.2. The number of carboxylic acids is 1. The topological polar surface area (TPSA) is 72.3 Å². The molecule has 0 bridgehead atoms. The van der Waals surface area contributed by atoms with E-state index < -0.39 is 17.7 Å². The molecule has 2 rings (SSSR count). The molecule has 1 atom stereocenters. The Bertz CT molecular complexity index is 619. The van der Waals surface area contributed by atoms with Gasteiger partial charge in [0.15, 0.2) is 0 Å². The third-order valence-electron chi connectivity index (χ3n) is 2.91. The van der Waals surface area contributed by atoms with Gasteiger partial charge in [0.1, 0.15) is 18.1 Å². The first-order valence-corrected chi connectivity index (χ1v) is 5.94. The molecule has 0 fully saturated rings. The third-order valence-corrected chi connectivity index (χ3v) is 2.91. The van der Waals surface area contributed by atoms with E-state index in [4.69, 9.17) is 4.74 Å². The summed E-state index contributed by atoms with van der Waals surface area (Å²) in [5.41, 5.74) is 0.616. The number of halogens is 1. The number of ether oxygens (including phenoxy) is 1. The van der Waals surface area contributed by atoms with E-state index >= 15 is 0 Å². The molecule has 6 heteroatoms. The van der Waals surface area contributed by atoms with Crippen LogP contribution in [-0.2, 0) is 11.2 Å². The highest BCUT2D eigenvalue weighted by atomic mass is 19.1. The van der Waals surface area contributed by atoms with E-state index in [0.717, 1.165) is 0 Å². The molecule has 0 aliphatic heterocycles. The Labute approximate surface area is 115 Å². The zero-order valence-corrected chi connectivity index (χ0v) is 10.8. The molecule has 0 spiro atoms. The van der Waals surface area contributed by atoms with Crippen molar-refractivity contribution in [3.05, 3.63) is 53.7 Å². The second-order valence-electron chi connectivity index (χ2n) is 4.17. The predicted octanol–water partition coefficient (Wildman–Crippen LogP) is 2.04. The summed E-state index contributed by atoms with van der Waals surface area (Å²) >= 11 is 0. The Morgan fingerprint density at radius 2 is 2.15 bits per heavy atom. The average Bonchev–Trinajstić information content (AvgIpc) is 2.46. The van der Waals surface area contributed by atoms with E-state index in [2.05, 4.69) is 9.97 Å². The fourth-order valence-electron chi connectivity index (χ4n) is 1.86. The van der Waals surface area contributed by atoms with Crippen LogP contribution in [0.1, 0.15) is 17.2 Å². The van der Waals surface area contributed by atoms with Crippen LogP contribution < -0.4 is 4.74 Å². The number of carboxylic acid groups (broad SMARTS) is 1. The number of methoxy groups -OCH3 is 1. The number of hydrogen-bond donors (Lipinski definition) is 1. The van der Waals surface area contributed by atoms with Crippen LogP contribution in [0.15, 0.2) is 36.7 Å². The summed E-state index contributed by atoms with van der Waals surface area (Å²) in [7, 11) is 1.43. The Hall–Kier alpha value is -2.50. The Kier molecular flexibility index (Phi) is 4.24. The molecule has 0 aliphatic carbocycles. The molecule has 1 aromatic carbocycles. The minimum atomic E-state index is -1.07. The molecule has 20 heavy (non-hydrogen) atoms. The number of benzene rings is 1. The van der Waals surface area contributed by atoms with Crippen LogP contribution in [0.2, 0.25) is 0 Å². The second-order valence-corrected chi connectivity index (χ2v) is 4.17. The molecule has 1 heterocycles. The Morgan fingerprint density at radius 1 is 1.40 bits per heavy atom. The molecule has 1 N–H and O–H groups in total. The molecular weight excluding hydrogens is 263 g/mol. The van der Waals surface area contributed by atoms with Crippen LogP contribution in [-0.4, -0.2) is 28.2 Å². The maximum Gasteiger partial charge on any atom is 0.312 e. The van der Waals surface area contributed by atoms with Crippen molar-refractivity contribution in [2.24, 2.45) is 0 Å². The smallest absolute Gasteiger partial charge is 0.312 e. The standard InChI is InChI=1S/C14H13FN2O3/c1-20-13-7-12(16-8-17-13)10(14(18)19)6-9-4-2-3-5-11(9)15/h2-5,7-8,10H,6H2,1H3,(H,18,19). The molecule has 5 nitrogen and oxygen atoms in total. The lowest BCUT2D eigenvalue weighted by molar-refractivity contribution is -0.138. The van der Waals surface area contributed by atoms with Crippen LogP contribution >= 0.6 is 0 Å². The summed E-state index contributed by atoms with van der Waals surface area (Å²) in [6, 6.07) is 7.53. The Balaban J connectivity index is 2.32. The van der Waals surface area contributed by atoms with Crippen molar-refractivity contribution in [3.8, 4) is 5.88 Å². The van der Waals surface area contributed by atoms with Crippen molar-refractivity contribution < 1.29 is 19.0 Å². The van der Waals surface area contributed by atoms with Gasteiger partial charge in [0, 0.05) is 6.07 Å². The maximum absolute atomic E-state index is 13.6. The van der Waals surface area contributed by atoms with E-state index in [9.17, 15) is 14.3 Å². The summed E-state index contributed by atoms with van der Waals surface area (Å²) in [6.07, 6.45) is 1.24. The monoisotopic (exact) mass is 276 g/mol. The highest BCUT2D eigenvalue weighted by Crippen LogP contribution is 2.23. The van der Waals surface area contributed by atoms with Crippen molar-refractivity contribution in [2.45, 2.75) is 12.3 Å². The van der Waals surface area contributed by atoms with Crippen molar-refractivity contribution >= 4 is 5.97 Å². The summed E-state index contributed by atoms with van der Waals surface area (Å²) < 4.78 is 18.6. The van der Waals surface area contributed by atoms with E-state index in [1.54, 1.807) is 18.2 Å². The molecule has 1 unspecified atom stereocenters. The lowest BCUT2D eigenvalue weighted by atomic mass is 9.95. The van der Waals surface area contributed by atoms with Gasteiger partial charge >= 0.3 is 5.97 Å². The third kappa shape index (κ3) is 3.09. The zero-order chi connectivity index (χ0) is 14.5. The second kappa shape index (κ2) is 6.10. The van der Waals surface area contributed by atoms with Crippen LogP contribution in [0, 0.1) is 5.82 Å². The van der Waals surface area contributed by atoms with Gasteiger partial charge in [-0.15, -0.1) is 0 Å². The van der Waals surface area contributed by atoms with Gasteiger partial charge in [-0.05, 0) is 18.1 Å². The lowest BCUT2D eigenvalue weighted by Crippen LogP contribution is -2.16. The fourth-order valence-corrected chi connectivity index (χ4v) is 1.86. The van der Waals surface area contributed by atoms with E-state index in [1.165, 1.54) is 25.6 Å². The molecule has 104 valence electrons. The van der Waals surface area contributed by atoms with Crippen molar-refractivity contribution in [2.75, 3.05) is 7.11 Å². The summed E-state index contributed by atoms with van der Waals surface area (Å²) in [5.74, 6) is -2.19. The molecule has 0 amide bonds. The first-order chi connectivity index (χ1) is 9.61. The SMILES string of the molecule is COc1cc(C(Cc2ccccc2F)C(=O)O)ncn1. The number of aliphatic carboxylic acids is 1. The van der Waals surface area contributed by atoms with Crippen LogP contribution in [0.5, 0.6) is 5.88 Å². The number of rotatable bonds is 5. The highest BCUT2D eigenvalue weighted by Gasteiger charge is 2.23. The van der Waals surface area contributed by atoms with Crippen LogP contribution in [0.25, 0.3) is 0 Å². The van der Waals surface area contributed by atoms with Gasteiger partial charge in [-0.25, -0.2) is 14.4 Å². The van der Waals surface area contributed by atoms with E-state index in [1.807, 2.05) is 0 Å². The molecule has 0 aliphatic rings. The van der Waals surface area contributed by atoms with Crippen molar-refractivity contribution in [1.82, 2.24) is 9.97 Å². The van der Waals surface area contributed by atoms with Gasteiger partial charge in [0.05, 0.1) is 12.8 Å². The van der Waals surface area contributed by atoms with Crippen LogP contribution in [0.3, 0.4) is 0 Å². The predicted molar refractivity (Wildman–Crippen MR) is 69.1 cm³/mol. The van der Waals surface area contributed by atoms with Gasteiger partial charge in [-0.2, -0.15) is 0 Å². The van der Waals surface area contributed by atoms with E-state index in [-0.39, 0.29) is 18.0 Å². The highest BCUT2D eigenvalue weighted by molar-refractivity contribution is 5.76. The minimum Gasteiger partial charge on any atom is -0.481 e. The van der Waals surface area contributed by atoms with Crippen molar-refractivity contribution in [1.29, 1.82) is 0 Å². The fraction of sp³-hybridized carbons (Fsp3) is 0.214. The number of nitrogens with zero attached hydrogens (tertiary/aromatic N) is 2.